The lowest BCUT2D eigenvalue weighted by Crippen LogP contribution is -2.38. The van der Waals surface area contributed by atoms with E-state index in [0.717, 1.165) is 22.4 Å². The average molecular weight is 460 g/mol. The van der Waals surface area contributed by atoms with E-state index in [2.05, 4.69) is 10.6 Å². The number of carbonyl (C=O) groups excluding carboxylic acids is 2. The van der Waals surface area contributed by atoms with Gasteiger partial charge in [-0.05, 0) is 47.9 Å². The number of urea groups is 1. The maximum absolute atomic E-state index is 13.2. The molecule has 7 nitrogen and oxygen atoms in total. The molecule has 1 aliphatic heterocycles. The van der Waals surface area contributed by atoms with Crippen molar-refractivity contribution < 1.29 is 19.1 Å². The van der Waals surface area contributed by atoms with Crippen molar-refractivity contribution in [3.05, 3.63) is 89.5 Å². The van der Waals surface area contributed by atoms with E-state index >= 15 is 0 Å². The zero-order valence-corrected chi connectivity index (χ0v) is 19.4. The van der Waals surface area contributed by atoms with Gasteiger partial charge < -0.3 is 25.0 Å². The van der Waals surface area contributed by atoms with Gasteiger partial charge in [0.2, 0.25) is 0 Å². The van der Waals surface area contributed by atoms with Gasteiger partial charge in [-0.3, -0.25) is 4.79 Å². The molecular formula is C27H29N3O4. The molecule has 1 atom stereocenters. The van der Waals surface area contributed by atoms with Gasteiger partial charge in [-0.2, -0.15) is 0 Å². The van der Waals surface area contributed by atoms with Crippen LogP contribution in [-0.4, -0.2) is 30.1 Å². The summed E-state index contributed by atoms with van der Waals surface area (Å²) in [6, 6.07) is 22.6. The maximum atomic E-state index is 13.2. The second-order valence-corrected chi connectivity index (χ2v) is 8.17. The third-order valence-electron chi connectivity index (χ3n) is 5.74. The van der Waals surface area contributed by atoms with Crippen LogP contribution in [0.1, 0.15) is 30.0 Å². The summed E-state index contributed by atoms with van der Waals surface area (Å²) in [5.41, 5.74) is 3.51. The highest BCUT2D eigenvalue weighted by Gasteiger charge is 2.30. The molecule has 0 spiro atoms. The lowest BCUT2D eigenvalue weighted by Gasteiger charge is -2.23. The molecule has 0 fully saturated rings. The van der Waals surface area contributed by atoms with E-state index in [-0.39, 0.29) is 11.9 Å². The topological polar surface area (TPSA) is 79.9 Å². The van der Waals surface area contributed by atoms with Crippen molar-refractivity contribution in [2.24, 2.45) is 0 Å². The van der Waals surface area contributed by atoms with Crippen LogP contribution < -0.4 is 20.1 Å². The van der Waals surface area contributed by atoms with Crippen LogP contribution in [0.5, 0.6) is 11.5 Å². The molecule has 0 aromatic heterocycles. The smallest absolute Gasteiger partial charge is 0.319 e. The summed E-state index contributed by atoms with van der Waals surface area (Å²) in [4.78, 5) is 27.3. The molecule has 1 heterocycles. The van der Waals surface area contributed by atoms with E-state index in [9.17, 15) is 9.59 Å². The summed E-state index contributed by atoms with van der Waals surface area (Å²) in [5, 5.41) is 5.73. The van der Waals surface area contributed by atoms with Gasteiger partial charge in [0.15, 0.2) is 6.10 Å². The van der Waals surface area contributed by atoms with Crippen LogP contribution in [0.15, 0.2) is 72.8 Å². The molecule has 3 aromatic carbocycles. The first-order valence-electron chi connectivity index (χ1n) is 11.4. The van der Waals surface area contributed by atoms with Gasteiger partial charge >= 0.3 is 6.03 Å². The van der Waals surface area contributed by atoms with Crippen molar-refractivity contribution in [1.29, 1.82) is 0 Å². The monoisotopic (exact) mass is 459 g/mol. The van der Waals surface area contributed by atoms with Crippen LogP contribution in [0.3, 0.4) is 0 Å². The molecule has 3 aromatic rings. The molecule has 0 aliphatic carbocycles. The van der Waals surface area contributed by atoms with E-state index in [1.54, 1.807) is 18.1 Å². The summed E-state index contributed by atoms with van der Waals surface area (Å²) in [7, 11) is 1.63. The van der Waals surface area contributed by atoms with E-state index < -0.39 is 6.10 Å². The van der Waals surface area contributed by atoms with Gasteiger partial charge in [0.05, 0.1) is 7.11 Å². The van der Waals surface area contributed by atoms with E-state index in [0.29, 0.717) is 37.5 Å². The Balaban J connectivity index is 1.48. The van der Waals surface area contributed by atoms with Crippen molar-refractivity contribution in [1.82, 2.24) is 10.2 Å². The molecule has 2 N–H and O–H groups in total. The second kappa shape index (κ2) is 10.7. The van der Waals surface area contributed by atoms with E-state index in [4.69, 9.17) is 9.47 Å². The molecule has 3 amide bonds. The molecule has 0 bridgehead atoms. The minimum Gasteiger partial charge on any atom is -0.497 e. The van der Waals surface area contributed by atoms with Crippen LogP contribution in [-0.2, 0) is 24.4 Å². The lowest BCUT2D eigenvalue weighted by molar-refractivity contribution is -0.139. The Kier molecular flexibility index (Phi) is 7.32. The van der Waals surface area contributed by atoms with Gasteiger partial charge in [0.25, 0.3) is 5.91 Å². The molecule has 0 saturated heterocycles. The maximum Gasteiger partial charge on any atom is 0.319 e. The third kappa shape index (κ3) is 5.67. The highest BCUT2D eigenvalue weighted by atomic mass is 16.5. The number of carbonyl (C=O) groups is 2. The minimum absolute atomic E-state index is 0.0513. The largest absolute Gasteiger partial charge is 0.497 e. The number of amides is 3. The van der Waals surface area contributed by atoms with Crippen LogP contribution in [0.25, 0.3) is 0 Å². The Hall–Kier alpha value is -4.00. The van der Waals surface area contributed by atoms with Gasteiger partial charge in [-0.1, -0.05) is 49.4 Å². The number of nitrogens with one attached hydrogen (secondary N) is 2. The summed E-state index contributed by atoms with van der Waals surface area (Å²) in [6.45, 7) is 3.21. The number of anilines is 1. The quantitative estimate of drug-likeness (QED) is 0.536. The fraction of sp³-hybridized carbons (Fsp3) is 0.259. The van der Waals surface area contributed by atoms with Crippen molar-refractivity contribution in [2.75, 3.05) is 12.4 Å². The number of fused-ring (bicyclic) bond motifs is 1. The molecule has 0 saturated carbocycles. The number of hydrogen-bond acceptors (Lipinski definition) is 4. The van der Waals surface area contributed by atoms with Gasteiger partial charge in [0.1, 0.15) is 11.5 Å². The first-order valence-corrected chi connectivity index (χ1v) is 11.4. The molecular weight excluding hydrogens is 430 g/mol. The molecule has 34 heavy (non-hydrogen) atoms. The molecule has 1 unspecified atom stereocenters. The van der Waals surface area contributed by atoms with E-state index in [1.807, 2.05) is 73.7 Å². The highest BCUT2D eigenvalue weighted by Crippen LogP contribution is 2.30. The normalized spacial score (nSPS) is 15.1. The first kappa shape index (κ1) is 23.2. The van der Waals surface area contributed by atoms with Crippen molar-refractivity contribution >= 4 is 17.6 Å². The number of rotatable bonds is 7. The predicted octanol–water partition coefficient (Wildman–Crippen LogP) is 4.72. The van der Waals surface area contributed by atoms with Crippen molar-refractivity contribution in [2.45, 2.75) is 39.1 Å². The van der Waals surface area contributed by atoms with E-state index in [1.165, 1.54) is 0 Å². The van der Waals surface area contributed by atoms with Crippen LogP contribution in [0.2, 0.25) is 0 Å². The predicted molar refractivity (Wildman–Crippen MR) is 131 cm³/mol. The Labute approximate surface area is 199 Å². The minimum atomic E-state index is -0.549. The molecule has 4 rings (SSSR count). The van der Waals surface area contributed by atoms with Crippen molar-refractivity contribution in [3.8, 4) is 11.5 Å². The Bertz CT molecular complexity index is 1130. The van der Waals surface area contributed by atoms with Crippen LogP contribution in [0.4, 0.5) is 10.5 Å². The number of benzene rings is 3. The summed E-state index contributed by atoms with van der Waals surface area (Å²) in [6.07, 6.45) is 0.0201. The van der Waals surface area contributed by atoms with Gasteiger partial charge in [-0.15, -0.1) is 0 Å². The first-order chi connectivity index (χ1) is 16.6. The molecule has 0 radical (unpaired) electrons. The Morgan fingerprint density at radius 1 is 1.06 bits per heavy atom. The molecule has 7 heteroatoms. The van der Waals surface area contributed by atoms with Crippen LogP contribution >= 0.6 is 0 Å². The number of ether oxygens (including phenoxy) is 2. The number of methoxy groups -OCH3 is 1. The Morgan fingerprint density at radius 3 is 2.53 bits per heavy atom. The second-order valence-electron chi connectivity index (χ2n) is 8.17. The standard InChI is InChI=1S/C27H29N3O4/c1-3-24-26(31)30(17-20-9-12-23(33-2)13-10-20)18-21-15-22(11-14-25(21)34-24)29-27(32)28-16-19-7-5-4-6-8-19/h4-15,24H,3,16-18H2,1-2H3,(H2,28,29,32). The number of hydrogen-bond donors (Lipinski definition) is 2. The molecule has 176 valence electrons. The SMILES string of the molecule is CCC1Oc2ccc(NC(=O)NCc3ccccc3)cc2CN(Cc2ccc(OC)cc2)C1=O. The van der Waals surface area contributed by atoms with Crippen molar-refractivity contribution in [3.63, 3.8) is 0 Å². The fourth-order valence-electron chi connectivity index (χ4n) is 3.88. The van der Waals surface area contributed by atoms with Gasteiger partial charge in [-0.25, -0.2) is 4.79 Å². The third-order valence-corrected chi connectivity index (χ3v) is 5.74. The fourth-order valence-corrected chi connectivity index (χ4v) is 3.88. The Morgan fingerprint density at radius 2 is 1.82 bits per heavy atom. The zero-order valence-electron chi connectivity index (χ0n) is 19.4. The van der Waals surface area contributed by atoms with Gasteiger partial charge in [0, 0.05) is 30.9 Å². The lowest BCUT2D eigenvalue weighted by atomic mass is 10.1. The average Bonchev–Trinajstić information content (AvgIpc) is 2.99. The summed E-state index contributed by atoms with van der Waals surface area (Å²) >= 11 is 0. The highest BCUT2D eigenvalue weighted by molar-refractivity contribution is 5.89. The summed E-state index contributed by atoms with van der Waals surface area (Å²) < 4.78 is 11.3. The number of nitrogens with zero attached hydrogens (tertiary/aromatic N) is 1. The molecule has 1 aliphatic rings. The summed E-state index contributed by atoms with van der Waals surface area (Å²) in [5.74, 6) is 1.38. The zero-order chi connectivity index (χ0) is 23.9. The van der Waals surface area contributed by atoms with Crippen LogP contribution in [0, 0.1) is 0 Å².